The van der Waals surface area contributed by atoms with Crippen LogP contribution < -0.4 is 5.32 Å². The second-order valence-corrected chi connectivity index (χ2v) is 5.46. The molecule has 0 fully saturated rings. The van der Waals surface area contributed by atoms with Crippen molar-refractivity contribution in [2.75, 3.05) is 26.7 Å². The third kappa shape index (κ3) is 7.34. The summed E-state index contributed by atoms with van der Waals surface area (Å²) in [5.41, 5.74) is 1.44. The maximum absolute atomic E-state index is 3.47. The zero-order chi connectivity index (χ0) is 13.9. The van der Waals surface area contributed by atoms with Gasteiger partial charge in [-0.05, 0) is 58.3 Å². The molecular formula is C17H30N2. The average molecular weight is 262 g/mol. The zero-order valence-corrected chi connectivity index (χ0v) is 12.9. The maximum atomic E-state index is 3.47. The zero-order valence-electron chi connectivity index (χ0n) is 12.9. The summed E-state index contributed by atoms with van der Waals surface area (Å²) in [4.78, 5) is 2.48. The van der Waals surface area contributed by atoms with Crippen LogP contribution in [0.1, 0.15) is 38.7 Å². The van der Waals surface area contributed by atoms with Crippen LogP contribution in [0.3, 0.4) is 0 Å². The molecule has 0 aliphatic heterocycles. The molecule has 1 aromatic rings. The van der Waals surface area contributed by atoms with E-state index in [0.29, 0.717) is 6.04 Å². The Kier molecular flexibility index (Phi) is 8.52. The molecule has 108 valence electrons. The van der Waals surface area contributed by atoms with E-state index in [1.165, 1.54) is 24.8 Å². The Balaban J connectivity index is 2.12. The molecule has 1 rings (SSSR count). The van der Waals surface area contributed by atoms with Crippen LogP contribution in [0.5, 0.6) is 0 Å². The van der Waals surface area contributed by atoms with Gasteiger partial charge in [0.15, 0.2) is 0 Å². The van der Waals surface area contributed by atoms with Crippen molar-refractivity contribution in [1.82, 2.24) is 10.2 Å². The molecule has 19 heavy (non-hydrogen) atoms. The fourth-order valence-electron chi connectivity index (χ4n) is 2.22. The molecule has 0 saturated heterocycles. The summed E-state index contributed by atoms with van der Waals surface area (Å²) in [6, 6.07) is 11.4. The average Bonchev–Trinajstić information content (AvgIpc) is 2.45. The Morgan fingerprint density at radius 1 is 1.16 bits per heavy atom. The topological polar surface area (TPSA) is 15.3 Å². The first-order valence-electron chi connectivity index (χ1n) is 7.69. The monoisotopic (exact) mass is 262 g/mol. The quantitative estimate of drug-likeness (QED) is 0.651. The Morgan fingerprint density at radius 3 is 2.58 bits per heavy atom. The van der Waals surface area contributed by atoms with Gasteiger partial charge < -0.3 is 10.2 Å². The van der Waals surface area contributed by atoms with Crippen molar-refractivity contribution in [3.8, 4) is 0 Å². The number of hydrogen-bond donors (Lipinski definition) is 1. The normalized spacial score (nSPS) is 12.8. The van der Waals surface area contributed by atoms with Crippen LogP contribution in [0, 0.1) is 0 Å². The summed E-state index contributed by atoms with van der Waals surface area (Å²) in [5, 5.41) is 3.47. The minimum absolute atomic E-state index is 0.673. The van der Waals surface area contributed by atoms with Crippen LogP contribution >= 0.6 is 0 Å². The standard InChI is InChI=1S/C17H30N2/c1-4-13-18-14-8-9-16(2)19(3)15-12-17-10-6-5-7-11-17/h5-7,10-11,16,18H,4,8-9,12-15H2,1-3H3. The molecule has 0 radical (unpaired) electrons. The van der Waals surface area contributed by atoms with Gasteiger partial charge in [0.05, 0.1) is 0 Å². The summed E-state index contributed by atoms with van der Waals surface area (Å²) in [6.07, 6.45) is 4.93. The Bertz CT molecular complexity index is 310. The van der Waals surface area contributed by atoms with Crippen LogP contribution in [0.25, 0.3) is 0 Å². The van der Waals surface area contributed by atoms with E-state index in [4.69, 9.17) is 0 Å². The molecule has 0 aliphatic rings. The summed E-state index contributed by atoms with van der Waals surface area (Å²) < 4.78 is 0. The van der Waals surface area contributed by atoms with Crippen molar-refractivity contribution in [2.24, 2.45) is 0 Å². The van der Waals surface area contributed by atoms with E-state index in [2.05, 4.69) is 61.4 Å². The molecular weight excluding hydrogens is 232 g/mol. The Hall–Kier alpha value is -0.860. The van der Waals surface area contributed by atoms with Gasteiger partial charge >= 0.3 is 0 Å². The highest BCUT2D eigenvalue weighted by Crippen LogP contribution is 2.06. The first kappa shape index (κ1) is 16.2. The van der Waals surface area contributed by atoms with Crippen molar-refractivity contribution in [1.29, 1.82) is 0 Å². The van der Waals surface area contributed by atoms with Gasteiger partial charge in [-0.3, -0.25) is 0 Å². The van der Waals surface area contributed by atoms with E-state index in [9.17, 15) is 0 Å². The van der Waals surface area contributed by atoms with Crippen molar-refractivity contribution < 1.29 is 0 Å². The van der Waals surface area contributed by atoms with E-state index in [1.807, 2.05) is 0 Å². The molecule has 1 N–H and O–H groups in total. The van der Waals surface area contributed by atoms with Crippen LogP contribution in [0.2, 0.25) is 0 Å². The Labute approximate surface area is 119 Å². The molecule has 2 heteroatoms. The van der Waals surface area contributed by atoms with Gasteiger partial charge in [-0.25, -0.2) is 0 Å². The smallest absolute Gasteiger partial charge is 0.00644 e. The van der Waals surface area contributed by atoms with Crippen LogP contribution in [0.15, 0.2) is 30.3 Å². The molecule has 0 amide bonds. The highest BCUT2D eigenvalue weighted by Gasteiger charge is 2.08. The van der Waals surface area contributed by atoms with Gasteiger partial charge in [0.1, 0.15) is 0 Å². The van der Waals surface area contributed by atoms with E-state index >= 15 is 0 Å². The summed E-state index contributed by atoms with van der Waals surface area (Å²) in [6.45, 7) is 8.01. The van der Waals surface area contributed by atoms with Crippen molar-refractivity contribution in [2.45, 2.75) is 45.6 Å². The number of rotatable bonds is 10. The lowest BCUT2D eigenvalue weighted by molar-refractivity contribution is 0.245. The van der Waals surface area contributed by atoms with Crippen LogP contribution in [0.4, 0.5) is 0 Å². The number of hydrogen-bond acceptors (Lipinski definition) is 2. The fraction of sp³-hybridized carbons (Fsp3) is 0.647. The molecule has 0 aliphatic carbocycles. The van der Waals surface area contributed by atoms with E-state index in [-0.39, 0.29) is 0 Å². The molecule has 1 atom stereocenters. The number of nitrogens with one attached hydrogen (secondary N) is 1. The predicted molar refractivity (Wildman–Crippen MR) is 84.6 cm³/mol. The largest absolute Gasteiger partial charge is 0.317 e. The summed E-state index contributed by atoms with van der Waals surface area (Å²) in [7, 11) is 2.24. The first-order chi connectivity index (χ1) is 9.24. The van der Waals surface area contributed by atoms with Gasteiger partial charge in [-0.15, -0.1) is 0 Å². The lowest BCUT2D eigenvalue weighted by Crippen LogP contribution is -2.31. The third-order valence-corrected chi connectivity index (χ3v) is 3.75. The number of likely N-dealkylation sites (N-methyl/N-ethyl adjacent to an activating group) is 1. The highest BCUT2D eigenvalue weighted by molar-refractivity contribution is 5.14. The van der Waals surface area contributed by atoms with Gasteiger partial charge in [-0.1, -0.05) is 37.3 Å². The molecule has 0 saturated carbocycles. The molecule has 0 heterocycles. The van der Waals surface area contributed by atoms with Crippen molar-refractivity contribution in [3.05, 3.63) is 35.9 Å². The molecule has 0 spiro atoms. The summed E-state index contributed by atoms with van der Waals surface area (Å²) in [5.74, 6) is 0. The molecule has 2 nitrogen and oxygen atoms in total. The van der Waals surface area contributed by atoms with Crippen molar-refractivity contribution in [3.63, 3.8) is 0 Å². The minimum atomic E-state index is 0.673. The van der Waals surface area contributed by atoms with Crippen LogP contribution in [-0.4, -0.2) is 37.6 Å². The molecule has 1 aromatic carbocycles. The predicted octanol–water partition coefficient (Wildman–Crippen LogP) is 3.33. The van der Waals surface area contributed by atoms with E-state index in [0.717, 1.165) is 26.1 Å². The second-order valence-electron chi connectivity index (χ2n) is 5.46. The van der Waals surface area contributed by atoms with Gasteiger partial charge in [-0.2, -0.15) is 0 Å². The first-order valence-corrected chi connectivity index (χ1v) is 7.69. The van der Waals surface area contributed by atoms with Gasteiger partial charge in [0.25, 0.3) is 0 Å². The SMILES string of the molecule is CCCNCCCC(C)N(C)CCc1ccccc1. The highest BCUT2D eigenvalue weighted by atomic mass is 15.1. The minimum Gasteiger partial charge on any atom is -0.317 e. The fourth-order valence-corrected chi connectivity index (χ4v) is 2.22. The van der Waals surface area contributed by atoms with Crippen molar-refractivity contribution >= 4 is 0 Å². The lowest BCUT2D eigenvalue weighted by Gasteiger charge is -2.24. The van der Waals surface area contributed by atoms with E-state index < -0.39 is 0 Å². The van der Waals surface area contributed by atoms with E-state index in [1.54, 1.807) is 0 Å². The summed E-state index contributed by atoms with van der Waals surface area (Å²) >= 11 is 0. The Morgan fingerprint density at radius 2 is 1.89 bits per heavy atom. The second kappa shape index (κ2) is 9.99. The molecule has 1 unspecified atom stereocenters. The number of benzene rings is 1. The van der Waals surface area contributed by atoms with Crippen LogP contribution in [-0.2, 0) is 6.42 Å². The molecule has 0 aromatic heterocycles. The van der Waals surface area contributed by atoms with Gasteiger partial charge in [0.2, 0.25) is 0 Å². The lowest BCUT2D eigenvalue weighted by atomic mass is 10.1. The van der Waals surface area contributed by atoms with Gasteiger partial charge in [0, 0.05) is 12.6 Å². The number of nitrogens with zero attached hydrogens (tertiary/aromatic N) is 1. The third-order valence-electron chi connectivity index (χ3n) is 3.75. The maximum Gasteiger partial charge on any atom is 0.00644 e. The molecule has 0 bridgehead atoms.